The number of likely N-dealkylation sites (N-methyl/N-ethyl adjacent to an activating group) is 1. The van der Waals surface area contributed by atoms with Crippen LogP contribution >= 0.6 is 0 Å². The second kappa shape index (κ2) is 17.6. The molecule has 0 saturated heterocycles. The van der Waals surface area contributed by atoms with Gasteiger partial charge in [0, 0.05) is 13.5 Å². The van der Waals surface area contributed by atoms with Gasteiger partial charge in [-0.15, -0.1) is 0 Å². The molecule has 0 aromatic heterocycles. The molecule has 0 radical (unpaired) electrons. The second-order valence-corrected chi connectivity index (χ2v) is 9.37. The van der Waals surface area contributed by atoms with Gasteiger partial charge >= 0.3 is 0 Å². The Morgan fingerprint density at radius 1 is 0.821 bits per heavy atom. The molecule has 3 amide bonds. The first-order valence-corrected chi connectivity index (χ1v) is 12.4. The molecular formula is C29H37F2N3O5. The summed E-state index contributed by atoms with van der Waals surface area (Å²) in [5.74, 6) is -2.09. The molecule has 0 spiro atoms. The van der Waals surface area contributed by atoms with Crippen LogP contribution in [0.2, 0.25) is 0 Å². The van der Waals surface area contributed by atoms with Gasteiger partial charge in [-0.05, 0) is 58.5 Å². The molecule has 1 unspecified atom stereocenters. The predicted molar refractivity (Wildman–Crippen MR) is 146 cm³/mol. The second-order valence-electron chi connectivity index (χ2n) is 9.37. The molecule has 212 valence electrons. The molecule has 1 atom stereocenters. The van der Waals surface area contributed by atoms with Crippen molar-refractivity contribution in [2.75, 3.05) is 13.6 Å². The van der Waals surface area contributed by atoms with E-state index in [-0.39, 0.29) is 43.5 Å². The number of carbonyl (C=O) groups excluding carboxylic acids is 3. The third-order valence-electron chi connectivity index (χ3n) is 5.07. The lowest BCUT2D eigenvalue weighted by Gasteiger charge is -2.16. The van der Waals surface area contributed by atoms with Gasteiger partial charge in [-0.25, -0.2) is 14.3 Å². The predicted octanol–water partition coefficient (Wildman–Crippen LogP) is 3.88. The summed E-state index contributed by atoms with van der Waals surface area (Å²) in [4.78, 5) is 35.1. The van der Waals surface area contributed by atoms with Crippen LogP contribution in [0.1, 0.15) is 38.3 Å². The standard InChI is InChI=1S/C18H20FN3O4.C7H7FO.C4H10/c1-20-17(24)10-21-18(25)14(9-16(23)22-26)7-11-2-3-13-8-15(19)5-4-12(13)6-11;8-7-3-1-6(5-9)2-4-7;1-4(2)3/h2-6,8,14,26H,7,9-10H2,1H3,(H,20,24)(H,21,25)(H,22,23);1-4,9H,5H2;4H,1-3H3. The van der Waals surface area contributed by atoms with Crippen molar-refractivity contribution >= 4 is 28.5 Å². The first-order valence-electron chi connectivity index (χ1n) is 12.4. The van der Waals surface area contributed by atoms with E-state index in [2.05, 4.69) is 31.4 Å². The Morgan fingerprint density at radius 2 is 1.36 bits per heavy atom. The van der Waals surface area contributed by atoms with Crippen LogP contribution in [0.5, 0.6) is 0 Å². The lowest BCUT2D eigenvalue weighted by atomic mass is 9.93. The molecule has 0 saturated carbocycles. The number of nitrogens with one attached hydrogen (secondary N) is 3. The van der Waals surface area contributed by atoms with Gasteiger partial charge in [0.25, 0.3) is 0 Å². The lowest BCUT2D eigenvalue weighted by Crippen LogP contribution is -2.40. The van der Waals surface area contributed by atoms with E-state index in [1.165, 1.54) is 36.8 Å². The van der Waals surface area contributed by atoms with Crippen molar-refractivity contribution in [2.24, 2.45) is 11.8 Å². The van der Waals surface area contributed by atoms with E-state index in [1.807, 2.05) is 6.07 Å². The molecule has 0 bridgehead atoms. The summed E-state index contributed by atoms with van der Waals surface area (Å²) < 4.78 is 25.4. The SMILES string of the molecule is CC(C)C.CNC(=O)CNC(=O)C(CC(=O)NO)Cc1ccc2cc(F)ccc2c1.OCc1ccc(F)cc1. The van der Waals surface area contributed by atoms with Crippen LogP contribution in [0.15, 0.2) is 60.7 Å². The summed E-state index contributed by atoms with van der Waals surface area (Å²) in [7, 11) is 1.45. The zero-order chi connectivity index (χ0) is 29.4. The normalized spacial score (nSPS) is 10.9. The number of amides is 3. The number of aliphatic hydroxyl groups excluding tert-OH is 1. The van der Waals surface area contributed by atoms with Crippen molar-refractivity contribution in [3.05, 3.63) is 83.4 Å². The molecule has 5 N–H and O–H groups in total. The number of hydrogen-bond donors (Lipinski definition) is 5. The molecule has 3 rings (SSSR count). The Bertz CT molecular complexity index is 1200. The minimum atomic E-state index is -0.773. The molecule has 0 heterocycles. The number of fused-ring (bicyclic) bond motifs is 1. The number of carbonyl (C=O) groups is 3. The van der Waals surface area contributed by atoms with Crippen molar-refractivity contribution < 1.29 is 33.5 Å². The first kappa shape index (κ1) is 33.1. The Labute approximate surface area is 227 Å². The number of benzene rings is 3. The Morgan fingerprint density at radius 3 is 1.92 bits per heavy atom. The van der Waals surface area contributed by atoms with Crippen molar-refractivity contribution in [3.63, 3.8) is 0 Å². The maximum absolute atomic E-state index is 13.3. The van der Waals surface area contributed by atoms with Gasteiger partial charge in [-0.1, -0.05) is 57.2 Å². The maximum Gasteiger partial charge on any atom is 0.244 e. The highest BCUT2D eigenvalue weighted by atomic mass is 19.1. The van der Waals surface area contributed by atoms with Gasteiger partial charge in [0.2, 0.25) is 17.7 Å². The maximum atomic E-state index is 13.3. The third-order valence-corrected chi connectivity index (χ3v) is 5.07. The average Bonchev–Trinajstić information content (AvgIpc) is 2.91. The van der Waals surface area contributed by atoms with E-state index in [0.717, 1.165) is 27.8 Å². The van der Waals surface area contributed by atoms with Gasteiger partial charge in [0.1, 0.15) is 11.6 Å². The fourth-order valence-electron chi connectivity index (χ4n) is 3.19. The van der Waals surface area contributed by atoms with Crippen LogP contribution < -0.4 is 16.1 Å². The van der Waals surface area contributed by atoms with Crippen LogP contribution in [-0.4, -0.2) is 41.6 Å². The highest BCUT2D eigenvalue weighted by Gasteiger charge is 2.23. The molecule has 0 aliphatic rings. The molecule has 0 aliphatic carbocycles. The average molecular weight is 546 g/mol. The van der Waals surface area contributed by atoms with E-state index in [1.54, 1.807) is 30.3 Å². The number of rotatable bonds is 8. The fourth-order valence-corrected chi connectivity index (χ4v) is 3.19. The zero-order valence-electron chi connectivity index (χ0n) is 22.6. The molecule has 0 aliphatic heterocycles. The Kier molecular flexibility index (Phi) is 14.9. The highest BCUT2D eigenvalue weighted by molar-refractivity contribution is 5.89. The minimum Gasteiger partial charge on any atom is -0.392 e. The smallest absolute Gasteiger partial charge is 0.244 e. The topological polar surface area (TPSA) is 128 Å². The summed E-state index contributed by atoms with van der Waals surface area (Å²) in [5, 5.41) is 23.6. The number of halogens is 2. The van der Waals surface area contributed by atoms with Gasteiger partial charge in [0.05, 0.1) is 19.1 Å². The molecular weight excluding hydrogens is 508 g/mol. The third kappa shape index (κ3) is 13.5. The van der Waals surface area contributed by atoms with Crippen molar-refractivity contribution in [3.8, 4) is 0 Å². The van der Waals surface area contributed by atoms with Gasteiger partial charge in [-0.2, -0.15) is 0 Å². The summed E-state index contributed by atoms with van der Waals surface area (Å²) in [6.07, 6.45) is -0.0160. The van der Waals surface area contributed by atoms with Crippen LogP contribution in [0.3, 0.4) is 0 Å². The quantitative estimate of drug-likeness (QED) is 0.217. The largest absolute Gasteiger partial charge is 0.392 e. The van der Waals surface area contributed by atoms with E-state index >= 15 is 0 Å². The van der Waals surface area contributed by atoms with E-state index in [9.17, 15) is 23.2 Å². The van der Waals surface area contributed by atoms with Crippen LogP contribution in [0.25, 0.3) is 10.8 Å². The molecule has 3 aromatic rings. The van der Waals surface area contributed by atoms with E-state index in [0.29, 0.717) is 0 Å². The molecule has 8 nitrogen and oxygen atoms in total. The minimum absolute atomic E-state index is 0.0275. The van der Waals surface area contributed by atoms with Gasteiger partial charge in [0.15, 0.2) is 0 Å². The Hall–Kier alpha value is -3.89. The van der Waals surface area contributed by atoms with Crippen molar-refractivity contribution in [1.82, 2.24) is 16.1 Å². The number of aliphatic hydroxyl groups is 1. The van der Waals surface area contributed by atoms with E-state index in [4.69, 9.17) is 10.3 Å². The zero-order valence-corrected chi connectivity index (χ0v) is 22.6. The van der Waals surface area contributed by atoms with Crippen LogP contribution in [-0.2, 0) is 27.4 Å². The number of hydrogen-bond acceptors (Lipinski definition) is 5. The highest BCUT2D eigenvalue weighted by Crippen LogP contribution is 2.20. The monoisotopic (exact) mass is 545 g/mol. The van der Waals surface area contributed by atoms with Crippen LogP contribution in [0.4, 0.5) is 8.78 Å². The summed E-state index contributed by atoms with van der Waals surface area (Å²) >= 11 is 0. The van der Waals surface area contributed by atoms with E-state index < -0.39 is 17.7 Å². The molecule has 0 fully saturated rings. The summed E-state index contributed by atoms with van der Waals surface area (Å²) in [6.45, 7) is 6.27. The summed E-state index contributed by atoms with van der Waals surface area (Å²) in [5.41, 5.74) is 3.01. The Balaban J connectivity index is 0.000000480. The lowest BCUT2D eigenvalue weighted by molar-refractivity contribution is -0.135. The first-order chi connectivity index (χ1) is 18.5. The van der Waals surface area contributed by atoms with Crippen molar-refractivity contribution in [2.45, 2.75) is 40.2 Å². The molecule has 39 heavy (non-hydrogen) atoms. The van der Waals surface area contributed by atoms with Crippen molar-refractivity contribution in [1.29, 1.82) is 0 Å². The molecule has 10 heteroatoms. The summed E-state index contributed by atoms with van der Waals surface area (Å²) in [6, 6.07) is 15.4. The van der Waals surface area contributed by atoms with Crippen LogP contribution in [0, 0.1) is 23.5 Å². The van der Waals surface area contributed by atoms with Gasteiger partial charge in [-0.3, -0.25) is 19.6 Å². The fraction of sp³-hybridized carbons (Fsp3) is 0.345. The molecule has 3 aromatic carbocycles. The number of hydroxylamine groups is 1. The van der Waals surface area contributed by atoms with Gasteiger partial charge < -0.3 is 15.7 Å².